The predicted molar refractivity (Wildman–Crippen MR) is 57.3 cm³/mol. The molecule has 4 heteroatoms. The van der Waals surface area contributed by atoms with E-state index < -0.39 is 0 Å². The fourth-order valence-electron chi connectivity index (χ4n) is 1.29. The van der Waals surface area contributed by atoms with Gasteiger partial charge >= 0.3 is 0 Å². The molecule has 0 amide bonds. The molecule has 2 N–H and O–H groups in total. The maximum Gasteiger partial charge on any atom is 0.0853 e. The van der Waals surface area contributed by atoms with Crippen molar-refractivity contribution in [1.29, 1.82) is 0 Å². The highest BCUT2D eigenvalue weighted by molar-refractivity contribution is 5.46. The molecule has 4 nitrogen and oxygen atoms in total. The minimum atomic E-state index is 0.217. The molecule has 1 aromatic heterocycles. The van der Waals surface area contributed by atoms with E-state index in [1.807, 2.05) is 24.9 Å². The zero-order chi connectivity index (χ0) is 10.6. The Kier molecular flexibility index (Phi) is 3.95. The SMILES string of the molecule is CCc1nn(C)cc1NCC(C)CO. The second-order valence-electron chi connectivity index (χ2n) is 3.69. The summed E-state index contributed by atoms with van der Waals surface area (Å²) in [4.78, 5) is 0. The lowest BCUT2D eigenvalue weighted by Crippen LogP contribution is -2.14. The summed E-state index contributed by atoms with van der Waals surface area (Å²) in [5.74, 6) is 0.278. The second-order valence-corrected chi connectivity index (χ2v) is 3.69. The Morgan fingerprint density at radius 1 is 1.64 bits per heavy atom. The topological polar surface area (TPSA) is 50.1 Å². The summed E-state index contributed by atoms with van der Waals surface area (Å²) in [6.45, 7) is 5.10. The number of aryl methyl sites for hydroxylation is 2. The van der Waals surface area contributed by atoms with Gasteiger partial charge in [0.1, 0.15) is 0 Å². The zero-order valence-corrected chi connectivity index (χ0v) is 9.12. The molecular weight excluding hydrogens is 178 g/mol. The Morgan fingerprint density at radius 2 is 2.36 bits per heavy atom. The van der Waals surface area contributed by atoms with E-state index in [1.54, 1.807) is 0 Å². The van der Waals surface area contributed by atoms with Crippen LogP contribution in [0.2, 0.25) is 0 Å². The maximum absolute atomic E-state index is 8.88. The molecule has 0 fully saturated rings. The first kappa shape index (κ1) is 11.0. The van der Waals surface area contributed by atoms with Crippen LogP contribution in [0.5, 0.6) is 0 Å². The van der Waals surface area contributed by atoms with Crippen molar-refractivity contribution in [3.8, 4) is 0 Å². The van der Waals surface area contributed by atoms with Gasteiger partial charge in [0.15, 0.2) is 0 Å². The Morgan fingerprint density at radius 3 is 2.93 bits per heavy atom. The van der Waals surface area contributed by atoms with Gasteiger partial charge in [-0.25, -0.2) is 0 Å². The molecule has 0 saturated carbocycles. The Hall–Kier alpha value is -1.03. The number of hydrogen-bond donors (Lipinski definition) is 2. The quantitative estimate of drug-likeness (QED) is 0.741. The van der Waals surface area contributed by atoms with Gasteiger partial charge < -0.3 is 10.4 Å². The molecule has 0 saturated heterocycles. The van der Waals surface area contributed by atoms with Gasteiger partial charge in [-0.15, -0.1) is 0 Å². The third-order valence-electron chi connectivity index (χ3n) is 2.19. The van der Waals surface area contributed by atoms with Crippen molar-refractivity contribution in [1.82, 2.24) is 9.78 Å². The fourth-order valence-corrected chi connectivity index (χ4v) is 1.29. The molecule has 80 valence electrons. The van der Waals surface area contributed by atoms with Gasteiger partial charge in [0, 0.05) is 26.4 Å². The van der Waals surface area contributed by atoms with Crippen LogP contribution in [-0.4, -0.2) is 28.0 Å². The van der Waals surface area contributed by atoms with Gasteiger partial charge in [0.05, 0.1) is 11.4 Å². The van der Waals surface area contributed by atoms with E-state index in [0.717, 1.165) is 24.3 Å². The molecule has 0 aromatic carbocycles. The van der Waals surface area contributed by atoms with Gasteiger partial charge in [-0.2, -0.15) is 5.10 Å². The lowest BCUT2D eigenvalue weighted by molar-refractivity contribution is 0.244. The summed E-state index contributed by atoms with van der Waals surface area (Å²) < 4.78 is 1.81. The van der Waals surface area contributed by atoms with Crippen LogP contribution in [0.3, 0.4) is 0 Å². The average Bonchev–Trinajstić information content (AvgIpc) is 2.55. The van der Waals surface area contributed by atoms with Gasteiger partial charge in [-0.05, 0) is 12.3 Å². The van der Waals surface area contributed by atoms with Crippen LogP contribution < -0.4 is 5.32 Å². The number of nitrogens with zero attached hydrogens (tertiary/aromatic N) is 2. The number of aromatic nitrogens is 2. The van der Waals surface area contributed by atoms with Crippen molar-refractivity contribution in [2.24, 2.45) is 13.0 Å². The van der Waals surface area contributed by atoms with Gasteiger partial charge in [-0.1, -0.05) is 13.8 Å². The molecule has 1 atom stereocenters. The van der Waals surface area contributed by atoms with E-state index in [2.05, 4.69) is 17.3 Å². The summed E-state index contributed by atoms with van der Waals surface area (Å²) in [5.41, 5.74) is 2.16. The molecular formula is C10H19N3O. The highest BCUT2D eigenvalue weighted by atomic mass is 16.3. The Balaban J connectivity index is 2.57. The summed E-state index contributed by atoms with van der Waals surface area (Å²) >= 11 is 0. The summed E-state index contributed by atoms with van der Waals surface area (Å²) in [6, 6.07) is 0. The minimum Gasteiger partial charge on any atom is -0.396 e. The predicted octanol–water partition coefficient (Wildman–Crippen LogP) is 1.02. The third-order valence-corrected chi connectivity index (χ3v) is 2.19. The number of aliphatic hydroxyl groups excluding tert-OH is 1. The molecule has 1 unspecified atom stereocenters. The van der Waals surface area contributed by atoms with Crippen LogP contribution in [0, 0.1) is 5.92 Å². The number of nitrogens with one attached hydrogen (secondary N) is 1. The lowest BCUT2D eigenvalue weighted by Gasteiger charge is -2.09. The van der Waals surface area contributed by atoms with Crippen molar-refractivity contribution >= 4 is 5.69 Å². The average molecular weight is 197 g/mol. The van der Waals surface area contributed by atoms with E-state index in [-0.39, 0.29) is 12.5 Å². The van der Waals surface area contributed by atoms with E-state index in [4.69, 9.17) is 5.11 Å². The normalized spacial score (nSPS) is 12.9. The number of aliphatic hydroxyl groups is 1. The van der Waals surface area contributed by atoms with Gasteiger partial charge in [0.25, 0.3) is 0 Å². The first-order valence-electron chi connectivity index (χ1n) is 5.04. The lowest BCUT2D eigenvalue weighted by atomic mass is 10.2. The molecule has 1 heterocycles. The van der Waals surface area contributed by atoms with Gasteiger partial charge in [-0.3, -0.25) is 4.68 Å². The van der Waals surface area contributed by atoms with Crippen LogP contribution >= 0.6 is 0 Å². The minimum absolute atomic E-state index is 0.217. The number of anilines is 1. The van der Waals surface area contributed by atoms with E-state index in [1.165, 1.54) is 0 Å². The molecule has 1 aromatic rings. The highest BCUT2D eigenvalue weighted by Gasteiger charge is 2.06. The molecule has 1 rings (SSSR count). The first-order chi connectivity index (χ1) is 6.67. The van der Waals surface area contributed by atoms with Crippen molar-refractivity contribution in [2.75, 3.05) is 18.5 Å². The van der Waals surface area contributed by atoms with Crippen molar-refractivity contribution in [2.45, 2.75) is 20.3 Å². The maximum atomic E-state index is 8.88. The summed E-state index contributed by atoms with van der Waals surface area (Å²) in [5, 5.41) is 16.5. The van der Waals surface area contributed by atoms with Crippen molar-refractivity contribution in [3.05, 3.63) is 11.9 Å². The number of rotatable bonds is 5. The van der Waals surface area contributed by atoms with Crippen LogP contribution in [-0.2, 0) is 13.5 Å². The number of hydrogen-bond acceptors (Lipinski definition) is 3. The summed E-state index contributed by atoms with van der Waals surface area (Å²) in [7, 11) is 1.92. The highest BCUT2D eigenvalue weighted by Crippen LogP contribution is 2.13. The van der Waals surface area contributed by atoms with Crippen LogP contribution in [0.4, 0.5) is 5.69 Å². The first-order valence-corrected chi connectivity index (χ1v) is 5.04. The van der Waals surface area contributed by atoms with Crippen molar-refractivity contribution in [3.63, 3.8) is 0 Å². The second kappa shape index (κ2) is 5.00. The third kappa shape index (κ3) is 2.73. The molecule has 0 bridgehead atoms. The molecule has 0 aliphatic carbocycles. The van der Waals surface area contributed by atoms with Crippen LogP contribution in [0.15, 0.2) is 6.20 Å². The molecule has 14 heavy (non-hydrogen) atoms. The molecule has 0 spiro atoms. The van der Waals surface area contributed by atoms with Crippen LogP contribution in [0.1, 0.15) is 19.5 Å². The van der Waals surface area contributed by atoms with E-state index in [0.29, 0.717) is 0 Å². The monoisotopic (exact) mass is 197 g/mol. The zero-order valence-electron chi connectivity index (χ0n) is 9.12. The van der Waals surface area contributed by atoms with Gasteiger partial charge in [0.2, 0.25) is 0 Å². The molecule has 0 aliphatic heterocycles. The van der Waals surface area contributed by atoms with E-state index >= 15 is 0 Å². The summed E-state index contributed by atoms with van der Waals surface area (Å²) in [6.07, 6.45) is 2.90. The Bertz CT molecular complexity index is 283. The largest absolute Gasteiger partial charge is 0.396 e. The molecule has 0 aliphatic rings. The van der Waals surface area contributed by atoms with Crippen LogP contribution in [0.25, 0.3) is 0 Å². The van der Waals surface area contributed by atoms with E-state index in [9.17, 15) is 0 Å². The standard InChI is InChI=1S/C10H19N3O/c1-4-9-10(6-13(3)12-9)11-5-8(2)7-14/h6,8,11,14H,4-5,7H2,1-3H3. The molecule has 0 radical (unpaired) electrons. The Labute approximate surface area is 84.9 Å². The van der Waals surface area contributed by atoms with Crippen molar-refractivity contribution < 1.29 is 5.11 Å². The fraction of sp³-hybridized carbons (Fsp3) is 0.700. The smallest absolute Gasteiger partial charge is 0.0853 e.